The number of rotatable bonds is 7. The van der Waals surface area contributed by atoms with E-state index in [4.69, 9.17) is 0 Å². The Morgan fingerprint density at radius 1 is 1.43 bits per heavy atom. The summed E-state index contributed by atoms with van der Waals surface area (Å²) in [5.74, 6) is 0.853. The highest BCUT2D eigenvalue weighted by Gasteiger charge is 2.24. The SMILES string of the molecule is CC1CCN(CCCNC(=O)NCC(C)(O)c2cccs2)CC1. The van der Waals surface area contributed by atoms with Crippen molar-refractivity contribution in [2.45, 2.75) is 38.7 Å². The monoisotopic (exact) mass is 339 g/mol. The van der Waals surface area contributed by atoms with Crippen molar-refractivity contribution in [3.63, 3.8) is 0 Å². The molecule has 6 heteroatoms. The summed E-state index contributed by atoms with van der Waals surface area (Å²) in [7, 11) is 0. The van der Waals surface area contributed by atoms with Crippen molar-refractivity contribution in [1.82, 2.24) is 15.5 Å². The van der Waals surface area contributed by atoms with Gasteiger partial charge in [-0.2, -0.15) is 0 Å². The summed E-state index contributed by atoms with van der Waals surface area (Å²) in [5, 5.41) is 17.9. The molecule has 1 aliphatic heterocycles. The van der Waals surface area contributed by atoms with Crippen LogP contribution >= 0.6 is 11.3 Å². The first-order valence-corrected chi connectivity index (χ1v) is 9.36. The molecule has 0 saturated carbocycles. The highest BCUT2D eigenvalue weighted by molar-refractivity contribution is 7.10. The lowest BCUT2D eigenvalue weighted by Crippen LogP contribution is -2.44. The summed E-state index contributed by atoms with van der Waals surface area (Å²) in [6.45, 7) is 8.31. The molecule has 2 amide bonds. The number of amides is 2. The van der Waals surface area contributed by atoms with Crippen LogP contribution in [0.25, 0.3) is 0 Å². The van der Waals surface area contributed by atoms with E-state index in [1.807, 2.05) is 17.5 Å². The molecule has 0 spiro atoms. The van der Waals surface area contributed by atoms with Crippen LogP contribution in [-0.4, -0.2) is 48.8 Å². The summed E-state index contributed by atoms with van der Waals surface area (Å²) in [4.78, 5) is 15.1. The number of nitrogens with one attached hydrogen (secondary N) is 2. The maximum absolute atomic E-state index is 11.8. The topological polar surface area (TPSA) is 64.6 Å². The fourth-order valence-corrected chi connectivity index (χ4v) is 3.56. The van der Waals surface area contributed by atoms with Crippen LogP contribution in [0.2, 0.25) is 0 Å². The van der Waals surface area contributed by atoms with Crippen LogP contribution in [0.15, 0.2) is 17.5 Å². The maximum atomic E-state index is 11.8. The van der Waals surface area contributed by atoms with Gasteiger partial charge in [-0.3, -0.25) is 0 Å². The molecule has 1 unspecified atom stereocenters. The van der Waals surface area contributed by atoms with E-state index in [0.29, 0.717) is 6.54 Å². The van der Waals surface area contributed by atoms with Gasteiger partial charge in [0.1, 0.15) is 5.60 Å². The molecule has 1 atom stereocenters. The van der Waals surface area contributed by atoms with Gasteiger partial charge in [0.25, 0.3) is 0 Å². The molecule has 0 bridgehead atoms. The number of likely N-dealkylation sites (tertiary alicyclic amines) is 1. The fourth-order valence-electron chi connectivity index (χ4n) is 2.78. The third-order valence-corrected chi connectivity index (χ3v) is 5.58. The molecule has 130 valence electrons. The first-order valence-electron chi connectivity index (χ1n) is 8.48. The zero-order chi connectivity index (χ0) is 16.7. The summed E-state index contributed by atoms with van der Waals surface area (Å²) < 4.78 is 0. The molecule has 1 aromatic heterocycles. The van der Waals surface area contributed by atoms with E-state index in [1.165, 1.54) is 37.3 Å². The van der Waals surface area contributed by atoms with E-state index in [0.717, 1.165) is 23.8 Å². The second-order valence-corrected chi connectivity index (χ2v) is 7.69. The first kappa shape index (κ1) is 18.2. The average molecular weight is 340 g/mol. The Morgan fingerprint density at radius 3 is 2.83 bits per heavy atom. The lowest BCUT2D eigenvalue weighted by molar-refractivity contribution is 0.0631. The largest absolute Gasteiger partial charge is 0.383 e. The molecule has 2 heterocycles. The second-order valence-electron chi connectivity index (χ2n) is 6.74. The molecule has 1 fully saturated rings. The second kappa shape index (κ2) is 8.66. The Balaban J connectivity index is 1.57. The minimum atomic E-state index is -1.02. The van der Waals surface area contributed by atoms with E-state index in [-0.39, 0.29) is 12.6 Å². The van der Waals surface area contributed by atoms with Gasteiger partial charge in [0.15, 0.2) is 0 Å². The molecule has 5 nitrogen and oxygen atoms in total. The lowest BCUT2D eigenvalue weighted by atomic mass is 9.99. The molecule has 2 rings (SSSR count). The van der Waals surface area contributed by atoms with Gasteiger partial charge in [-0.15, -0.1) is 11.3 Å². The number of nitrogens with zero attached hydrogens (tertiary/aromatic N) is 1. The van der Waals surface area contributed by atoms with E-state index in [2.05, 4.69) is 22.5 Å². The Bertz CT molecular complexity index is 468. The summed E-state index contributed by atoms with van der Waals surface area (Å²) in [6, 6.07) is 3.56. The number of urea groups is 1. The molecule has 1 aliphatic rings. The Morgan fingerprint density at radius 2 is 2.17 bits per heavy atom. The minimum Gasteiger partial charge on any atom is -0.383 e. The fraction of sp³-hybridized carbons (Fsp3) is 0.706. The Hall–Kier alpha value is -1.11. The van der Waals surface area contributed by atoms with Gasteiger partial charge >= 0.3 is 6.03 Å². The van der Waals surface area contributed by atoms with Gasteiger partial charge in [-0.25, -0.2) is 4.79 Å². The Kier molecular flexibility index (Phi) is 6.87. The van der Waals surface area contributed by atoms with E-state index < -0.39 is 5.60 Å². The van der Waals surface area contributed by atoms with Crippen molar-refractivity contribution in [1.29, 1.82) is 0 Å². The van der Waals surface area contributed by atoms with Crippen LogP contribution in [0.5, 0.6) is 0 Å². The van der Waals surface area contributed by atoms with Crippen LogP contribution in [0.1, 0.15) is 38.0 Å². The highest BCUT2D eigenvalue weighted by Crippen LogP contribution is 2.24. The van der Waals surface area contributed by atoms with Crippen molar-refractivity contribution in [2.24, 2.45) is 5.92 Å². The zero-order valence-corrected chi connectivity index (χ0v) is 15.0. The molecule has 1 aromatic rings. The normalized spacial score (nSPS) is 19.3. The number of hydrogen-bond acceptors (Lipinski definition) is 4. The van der Waals surface area contributed by atoms with Crippen molar-refractivity contribution >= 4 is 17.4 Å². The molecule has 3 N–H and O–H groups in total. The van der Waals surface area contributed by atoms with Gasteiger partial charge in [0, 0.05) is 11.4 Å². The van der Waals surface area contributed by atoms with Crippen LogP contribution in [0.4, 0.5) is 4.79 Å². The number of thiophene rings is 1. The van der Waals surface area contributed by atoms with Crippen LogP contribution in [0.3, 0.4) is 0 Å². The number of aliphatic hydroxyl groups is 1. The van der Waals surface area contributed by atoms with Crippen LogP contribution < -0.4 is 10.6 Å². The molecule has 23 heavy (non-hydrogen) atoms. The standard InChI is InChI=1S/C17H29N3O2S/c1-14-6-10-20(11-7-14)9-4-8-18-16(21)19-13-17(2,22)15-5-3-12-23-15/h3,5,12,14,22H,4,6-11,13H2,1-2H3,(H2,18,19,21). The first-order chi connectivity index (χ1) is 11.0. The van der Waals surface area contributed by atoms with Gasteiger partial charge in [-0.05, 0) is 63.2 Å². The molecule has 0 aromatic carbocycles. The average Bonchev–Trinajstić information content (AvgIpc) is 3.07. The number of carbonyl (C=O) groups excluding carboxylic acids is 1. The minimum absolute atomic E-state index is 0.212. The Labute approximate surface area is 143 Å². The van der Waals surface area contributed by atoms with Gasteiger partial charge in [0.2, 0.25) is 0 Å². The van der Waals surface area contributed by atoms with Crippen molar-refractivity contribution in [2.75, 3.05) is 32.7 Å². The van der Waals surface area contributed by atoms with Gasteiger partial charge < -0.3 is 20.6 Å². The van der Waals surface area contributed by atoms with E-state index >= 15 is 0 Å². The molecule has 0 radical (unpaired) electrons. The zero-order valence-electron chi connectivity index (χ0n) is 14.2. The lowest BCUT2D eigenvalue weighted by Gasteiger charge is -2.30. The van der Waals surface area contributed by atoms with Crippen LogP contribution in [-0.2, 0) is 5.60 Å². The molecular weight excluding hydrogens is 310 g/mol. The molecule has 0 aliphatic carbocycles. The highest BCUT2D eigenvalue weighted by atomic mass is 32.1. The van der Waals surface area contributed by atoms with Crippen molar-refractivity contribution in [3.05, 3.63) is 22.4 Å². The number of hydrogen-bond donors (Lipinski definition) is 3. The smallest absolute Gasteiger partial charge is 0.314 e. The molecular formula is C17H29N3O2S. The predicted octanol–water partition coefficient (Wildman–Crippen LogP) is 2.38. The summed E-state index contributed by atoms with van der Waals surface area (Å²) in [5.41, 5.74) is -1.02. The van der Waals surface area contributed by atoms with Crippen molar-refractivity contribution in [3.8, 4) is 0 Å². The van der Waals surface area contributed by atoms with Gasteiger partial charge in [-0.1, -0.05) is 13.0 Å². The predicted molar refractivity (Wildman–Crippen MR) is 94.7 cm³/mol. The van der Waals surface area contributed by atoms with Crippen molar-refractivity contribution < 1.29 is 9.90 Å². The number of carbonyl (C=O) groups is 1. The van der Waals surface area contributed by atoms with E-state index in [1.54, 1.807) is 6.92 Å². The third-order valence-electron chi connectivity index (χ3n) is 4.46. The third kappa shape index (κ3) is 6.12. The maximum Gasteiger partial charge on any atom is 0.314 e. The summed E-state index contributed by atoms with van der Waals surface area (Å²) in [6.07, 6.45) is 3.53. The molecule has 1 saturated heterocycles. The quantitative estimate of drug-likeness (QED) is 0.668. The number of piperidine rings is 1. The summed E-state index contributed by atoms with van der Waals surface area (Å²) >= 11 is 1.49. The van der Waals surface area contributed by atoms with Gasteiger partial charge in [0.05, 0.1) is 6.54 Å². The van der Waals surface area contributed by atoms with E-state index in [9.17, 15) is 9.90 Å². The van der Waals surface area contributed by atoms with Crippen LogP contribution in [0, 0.1) is 5.92 Å².